The first kappa shape index (κ1) is 7.03. The van der Waals surface area contributed by atoms with Crippen molar-refractivity contribution < 1.29 is 9.84 Å². The summed E-state index contributed by atoms with van der Waals surface area (Å²) in [5.74, 6) is 0. The fourth-order valence-electron chi connectivity index (χ4n) is 1.04. The molecule has 0 amide bonds. The summed E-state index contributed by atoms with van der Waals surface area (Å²) < 4.78 is 5.18. The first-order valence-corrected chi connectivity index (χ1v) is 3.32. The van der Waals surface area contributed by atoms with E-state index in [1.807, 2.05) is 0 Å². The summed E-state index contributed by atoms with van der Waals surface area (Å²) in [6, 6.07) is 0. The van der Waals surface area contributed by atoms with Crippen LogP contribution in [0.3, 0.4) is 0 Å². The van der Waals surface area contributed by atoms with Gasteiger partial charge in [0.1, 0.15) is 6.10 Å². The number of hydrogen-bond donors (Lipinski definition) is 1. The highest BCUT2D eigenvalue weighted by molar-refractivity contribution is 4.92. The smallest absolute Gasteiger partial charge is 0.108 e. The van der Waals surface area contributed by atoms with E-state index in [4.69, 9.17) is 9.84 Å². The van der Waals surface area contributed by atoms with Crippen LogP contribution in [-0.2, 0) is 4.74 Å². The maximum absolute atomic E-state index is 8.61. The predicted octanol–water partition coefficient (Wildman–Crippen LogP) is 0.792. The summed E-state index contributed by atoms with van der Waals surface area (Å²) in [4.78, 5) is 0. The number of hydrogen-bond acceptors (Lipinski definition) is 2. The molecule has 0 aromatic heterocycles. The normalized spacial score (nSPS) is 34.7. The van der Waals surface area contributed by atoms with E-state index in [2.05, 4.69) is 20.8 Å². The molecule has 1 saturated heterocycles. The summed E-state index contributed by atoms with van der Waals surface area (Å²) in [6.45, 7) is 6.52. The van der Waals surface area contributed by atoms with Gasteiger partial charge < -0.3 is 9.84 Å². The van der Waals surface area contributed by atoms with Gasteiger partial charge in [0.05, 0.1) is 12.7 Å². The lowest BCUT2D eigenvalue weighted by atomic mass is 9.90. The van der Waals surface area contributed by atoms with Crippen molar-refractivity contribution in [1.29, 1.82) is 0 Å². The SMILES string of the molecule is CC(C)(C)[C@@H]1O[C@H]1CO. The van der Waals surface area contributed by atoms with E-state index in [9.17, 15) is 0 Å². The lowest BCUT2D eigenvalue weighted by Gasteiger charge is -2.13. The van der Waals surface area contributed by atoms with E-state index < -0.39 is 0 Å². The monoisotopic (exact) mass is 130 g/mol. The summed E-state index contributed by atoms with van der Waals surface area (Å²) >= 11 is 0. The maximum atomic E-state index is 8.61. The second kappa shape index (κ2) is 1.96. The quantitative estimate of drug-likeness (QED) is 0.532. The fourth-order valence-corrected chi connectivity index (χ4v) is 1.04. The van der Waals surface area contributed by atoms with Gasteiger partial charge in [0, 0.05) is 0 Å². The number of rotatable bonds is 1. The Labute approximate surface area is 55.8 Å². The molecule has 1 fully saturated rings. The van der Waals surface area contributed by atoms with Gasteiger partial charge in [-0.3, -0.25) is 0 Å². The van der Waals surface area contributed by atoms with Crippen LogP contribution in [0, 0.1) is 5.41 Å². The van der Waals surface area contributed by atoms with Crippen LogP contribution in [-0.4, -0.2) is 23.9 Å². The molecule has 0 spiro atoms. The van der Waals surface area contributed by atoms with Crippen LogP contribution in [0.2, 0.25) is 0 Å². The number of epoxide rings is 1. The largest absolute Gasteiger partial charge is 0.394 e. The van der Waals surface area contributed by atoms with Crippen molar-refractivity contribution in [2.45, 2.75) is 33.0 Å². The summed E-state index contributed by atoms with van der Waals surface area (Å²) in [6.07, 6.45) is 0.396. The van der Waals surface area contributed by atoms with Crippen molar-refractivity contribution in [3.05, 3.63) is 0 Å². The Bertz CT molecular complexity index is 104. The summed E-state index contributed by atoms with van der Waals surface area (Å²) in [5.41, 5.74) is 0.202. The van der Waals surface area contributed by atoms with Crippen LogP contribution < -0.4 is 0 Å². The van der Waals surface area contributed by atoms with Crippen molar-refractivity contribution >= 4 is 0 Å². The molecular weight excluding hydrogens is 116 g/mol. The molecule has 1 rings (SSSR count). The van der Waals surface area contributed by atoms with Crippen molar-refractivity contribution in [1.82, 2.24) is 0 Å². The molecule has 0 unspecified atom stereocenters. The standard InChI is InChI=1S/C7H14O2/c1-7(2,3)6-5(4-8)9-6/h5-6,8H,4H2,1-3H3/t5-,6+/m0/s1. The average Bonchev–Trinajstić information content (AvgIpc) is 2.39. The lowest BCUT2D eigenvalue weighted by molar-refractivity contribution is 0.230. The third-order valence-electron chi connectivity index (χ3n) is 1.62. The topological polar surface area (TPSA) is 32.8 Å². The second-order valence-electron chi connectivity index (χ2n) is 3.64. The molecular formula is C7H14O2. The average molecular weight is 130 g/mol. The molecule has 9 heavy (non-hydrogen) atoms. The Morgan fingerprint density at radius 1 is 1.44 bits per heavy atom. The molecule has 0 saturated carbocycles. The molecule has 1 aliphatic heterocycles. The Hall–Kier alpha value is -0.0800. The van der Waals surface area contributed by atoms with E-state index >= 15 is 0 Å². The predicted molar refractivity (Wildman–Crippen MR) is 35.2 cm³/mol. The fraction of sp³-hybridized carbons (Fsp3) is 1.00. The molecule has 2 heteroatoms. The van der Waals surface area contributed by atoms with Gasteiger partial charge in [0.15, 0.2) is 0 Å². The third kappa shape index (κ3) is 1.43. The van der Waals surface area contributed by atoms with Crippen LogP contribution in [0.5, 0.6) is 0 Å². The molecule has 2 atom stereocenters. The van der Waals surface area contributed by atoms with Gasteiger partial charge >= 0.3 is 0 Å². The Morgan fingerprint density at radius 2 is 2.00 bits per heavy atom. The summed E-state index contributed by atoms with van der Waals surface area (Å²) in [7, 11) is 0. The van der Waals surface area contributed by atoms with Crippen molar-refractivity contribution in [3.8, 4) is 0 Å². The Morgan fingerprint density at radius 3 is 2.11 bits per heavy atom. The minimum atomic E-state index is 0.116. The number of aliphatic hydroxyl groups is 1. The Kier molecular flexibility index (Phi) is 1.53. The van der Waals surface area contributed by atoms with Crippen LogP contribution >= 0.6 is 0 Å². The van der Waals surface area contributed by atoms with Gasteiger partial charge in [-0.15, -0.1) is 0 Å². The highest BCUT2D eigenvalue weighted by Gasteiger charge is 2.46. The lowest BCUT2D eigenvalue weighted by Crippen LogP contribution is -2.17. The molecule has 1 N–H and O–H groups in total. The molecule has 0 aromatic carbocycles. The van der Waals surface area contributed by atoms with Gasteiger partial charge in [-0.2, -0.15) is 0 Å². The van der Waals surface area contributed by atoms with E-state index in [-0.39, 0.29) is 24.2 Å². The first-order chi connectivity index (χ1) is 4.05. The summed E-state index contributed by atoms with van der Waals surface area (Å²) in [5, 5.41) is 8.61. The van der Waals surface area contributed by atoms with E-state index in [1.54, 1.807) is 0 Å². The third-order valence-corrected chi connectivity index (χ3v) is 1.62. The van der Waals surface area contributed by atoms with Gasteiger partial charge in [0.2, 0.25) is 0 Å². The minimum absolute atomic E-state index is 0.116. The Balaban J connectivity index is 2.33. The van der Waals surface area contributed by atoms with E-state index in [1.165, 1.54) is 0 Å². The zero-order valence-corrected chi connectivity index (χ0v) is 6.22. The van der Waals surface area contributed by atoms with Crippen LogP contribution in [0.1, 0.15) is 20.8 Å². The molecule has 0 aliphatic carbocycles. The van der Waals surface area contributed by atoms with Crippen LogP contribution in [0.15, 0.2) is 0 Å². The van der Waals surface area contributed by atoms with Crippen molar-refractivity contribution in [2.24, 2.45) is 5.41 Å². The highest BCUT2D eigenvalue weighted by atomic mass is 16.6. The van der Waals surface area contributed by atoms with Crippen molar-refractivity contribution in [3.63, 3.8) is 0 Å². The van der Waals surface area contributed by atoms with Crippen LogP contribution in [0.4, 0.5) is 0 Å². The molecule has 54 valence electrons. The maximum Gasteiger partial charge on any atom is 0.108 e. The van der Waals surface area contributed by atoms with Crippen molar-refractivity contribution in [2.75, 3.05) is 6.61 Å². The molecule has 0 aromatic rings. The first-order valence-electron chi connectivity index (χ1n) is 3.32. The molecule has 0 bridgehead atoms. The zero-order valence-electron chi connectivity index (χ0n) is 6.22. The van der Waals surface area contributed by atoms with Gasteiger partial charge in [-0.1, -0.05) is 20.8 Å². The van der Waals surface area contributed by atoms with E-state index in [0.717, 1.165) is 0 Å². The van der Waals surface area contributed by atoms with Crippen LogP contribution in [0.25, 0.3) is 0 Å². The zero-order chi connectivity index (χ0) is 7.07. The van der Waals surface area contributed by atoms with Gasteiger partial charge in [-0.25, -0.2) is 0 Å². The molecule has 0 radical (unpaired) electrons. The number of ether oxygens (including phenoxy) is 1. The van der Waals surface area contributed by atoms with E-state index in [0.29, 0.717) is 0 Å². The van der Waals surface area contributed by atoms with Gasteiger partial charge in [-0.05, 0) is 5.41 Å². The minimum Gasteiger partial charge on any atom is -0.394 e. The molecule has 2 nitrogen and oxygen atoms in total. The molecule has 1 heterocycles. The second-order valence-corrected chi connectivity index (χ2v) is 3.64. The molecule has 1 aliphatic rings. The highest BCUT2D eigenvalue weighted by Crippen LogP contribution is 2.37. The number of aliphatic hydroxyl groups excluding tert-OH is 1. The van der Waals surface area contributed by atoms with Gasteiger partial charge in [0.25, 0.3) is 0 Å².